The number of rotatable bonds is 5. The maximum Gasteiger partial charge on any atom is 0.0667 e. The van der Waals surface area contributed by atoms with Crippen molar-refractivity contribution in [2.75, 3.05) is 11.9 Å². The second-order valence-corrected chi connectivity index (χ2v) is 6.95. The van der Waals surface area contributed by atoms with Crippen LogP contribution in [0.5, 0.6) is 0 Å². The number of anilines is 1. The highest BCUT2D eigenvalue weighted by Crippen LogP contribution is 2.47. The van der Waals surface area contributed by atoms with Crippen molar-refractivity contribution in [3.05, 3.63) is 27.7 Å². The number of hydrogen-bond acceptors (Lipinski definition) is 2. The number of ether oxygens (including phenoxy) is 1. The minimum atomic E-state index is 0.241. The third-order valence-corrected chi connectivity index (χ3v) is 6.14. The summed E-state index contributed by atoms with van der Waals surface area (Å²) in [7, 11) is 0. The molecule has 0 heterocycles. The summed E-state index contributed by atoms with van der Waals surface area (Å²) in [6, 6.07) is 4.95. The van der Waals surface area contributed by atoms with Gasteiger partial charge in [-0.25, -0.2) is 0 Å². The highest BCUT2D eigenvalue weighted by Gasteiger charge is 2.51. The number of hydrogen-bond donors (Lipinski definition) is 1. The van der Waals surface area contributed by atoms with Crippen molar-refractivity contribution >= 4 is 21.6 Å². The molecule has 2 rings (SSSR count). The van der Waals surface area contributed by atoms with Crippen LogP contribution in [0, 0.1) is 19.3 Å². The fraction of sp³-hybridized carbons (Fsp3) is 0.647. The number of benzene rings is 1. The lowest BCUT2D eigenvalue weighted by molar-refractivity contribution is -0.109. The lowest BCUT2D eigenvalue weighted by atomic mass is 9.61. The van der Waals surface area contributed by atoms with Gasteiger partial charge in [-0.15, -0.1) is 0 Å². The van der Waals surface area contributed by atoms with E-state index in [0.29, 0.717) is 12.1 Å². The Balaban J connectivity index is 2.11. The first-order chi connectivity index (χ1) is 9.42. The Morgan fingerprint density at radius 3 is 2.40 bits per heavy atom. The SMILES string of the molecule is CCOC1CC(Nc2cc(C)c(Br)c(C)c2)C1(C)CC. The molecule has 0 bridgehead atoms. The molecular formula is C17H26BrNO. The molecule has 1 N–H and O–H groups in total. The van der Waals surface area contributed by atoms with Crippen molar-refractivity contribution in [2.24, 2.45) is 5.41 Å². The van der Waals surface area contributed by atoms with Crippen molar-refractivity contribution in [1.82, 2.24) is 0 Å². The Morgan fingerprint density at radius 2 is 1.90 bits per heavy atom. The van der Waals surface area contributed by atoms with Gasteiger partial charge in [-0.2, -0.15) is 0 Å². The topological polar surface area (TPSA) is 21.3 Å². The van der Waals surface area contributed by atoms with Crippen LogP contribution in [0.2, 0.25) is 0 Å². The lowest BCUT2D eigenvalue weighted by Gasteiger charge is -2.54. The van der Waals surface area contributed by atoms with E-state index < -0.39 is 0 Å². The number of nitrogens with one attached hydrogen (secondary N) is 1. The largest absolute Gasteiger partial charge is 0.382 e. The van der Waals surface area contributed by atoms with E-state index in [-0.39, 0.29) is 5.41 Å². The molecule has 1 aromatic rings. The van der Waals surface area contributed by atoms with E-state index >= 15 is 0 Å². The molecule has 0 amide bonds. The highest BCUT2D eigenvalue weighted by atomic mass is 79.9. The average Bonchev–Trinajstić information content (AvgIpc) is 2.42. The predicted molar refractivity (Wildman–Crippen MR) is 89.5 cm³/mol. The van der Waals surface area contributed by atoms with E-state index in [4.69, 9.17) is 4.74 Å². The van der Waals surface area contributed by atoms with Gasteiger partial charge in [0.25, 0.3) is 0 Å². The Hall–Kier alpha value is -0.540. The maximum atomic E-state index is 5.87. The fourth-order valence-corrected chi connectivity index (χ4v) is 3.43. The molecule has 0 aromatic heterocycles. The van der Waals surface area contributed by atoms with Gasteiger partial charge in [0.2, 0.25) is 0 Å². The summed E-state index contributed by atoms with van der Waals surface area (Å²) >= 11 is 3.63. The third kappa shape index (κ3) is 2.75. The van der Waals surface area contributed by atoms with Crippen LogP contribution >= 0.6 is 15.9 Å². The zero-order chi connectivity index (χ0) is 14.9. The molecule has 3 atom stereocenters. The monoisotopic (exact) mass is 339 g/mol. The van der Waals surface area contributed by atoms with Crippen LogP contribution < -0.4 is 5.32 Å². The summed E-state index contributed by atoms with van der Waals surface area (Å²) in [5, 5.41) is 3.72. The molecule has 2 nitrogen and oxygen atoms in total. The van der Waals surface area contributed by atoms with Gasteiger partial charge in [-0.3, -0.25) is 0 Å². The summed E-state index contributed by atoms with van der Waals surface area (Å²) in [4.78, 5) is 0. The molecular weight excluding hydrogens is 314 g/mol. The molecule has 1 aromatic carbocycles. The third-order valence-electron chi connectivity index (χ3n) is 4.89. The first-order valence-electron chi connectivity index (χ1n) is 7.57. The van der Waals surface area contributed by atoms with Gasteiger partial charge in [0, 0.05) is 28.2 Å². The molecule has 3 unspecified atom stereocenters. The van der Waals surface area contributed by atoms with E-state index in [9.17, 15) is 0 Å². The molecule has 0 spiro atoms. The maximum absolute atomic E-state index is 5.87. The molecule has 1 saturated carbocycles. The summed E-state index contributed by atoms with van der Waals surface area (Å²) < 4.78 is 7.08. The second-order valence-electron chi connectivity index (χ2n) is 6.16. The van der Waals surface area contributed by atoms with E-state index in [2.05, 4.69) is 68.0 Å². The van der Waals surface area contributed by atoms with Gasteiger partial charge in [0.1, 0.15) is 0 Å². The smallest absolute Gasteiger partial charge is 0.0667 e. The molecule has 1 aliphatic rings. The Kier molecular flexibility index (Phi) is 4.80. The molecule has 112 valence electrons. The van der Waals surface area contributed by atoms with E-state index in [1.165, 1.54) is 21.3 Å². The molecule has 20 heavy (non-hydrogen) atoms. The highest BCUT2D eigenvalue weighted by molar-refractivity contribution is 9.10. The van der Waals surface area contributed by atoms with Crippen LogP contribution in [0.15, 0.2) is 16.6 Å². The minimum Gasteiger partial charge on any atom is -0.382 e. The Bertz CT molecular complexity index is 465. The first-order valence-corrected chi connectivity index (χ1v) is 8.36. The van der Waals surface area contributed by atoms with Crippen LogP contribution in [-0.4, -0.2) is 18.8 Å². The summed E-state index contributed by atoms with van der Waals surface area (Å²) in [6.07, 6.45) is 2.64. The molecule has 1 fully saturated rings. The van der Waals surface area contributed by atoms with Gasteiger partial charge in [-0.1, -0.05) is 29.8 Å². The van der Waals surface area contributed by atoms with Crippen LogP contribution in [0.25, 0.3) is 0 Å². The Labute approximate surface area is 131 Å². The van der Waals surface area contributed by atoms with Gasteiger partial charge >= 0.3 is 0 Å². The van der Waals surface area contributed by atoms with Crippen molar-refractivity contribution in [2.45, 2.75) is 59.6 Å². The summed E-state index contributed by atoms with van der Waals surface area (Å²) in [5.74, 6) is 0. The zero-order valence-electron chi connectivity index (χ0n) is 13.2. The fourth-order valence-electron chi connectivity index (χ4n) is 3.20. The minimum absolute atomic E-state index is 0.241. The van der Waals surface area contributed by atoms with Gasteiger partial charge in [-0.05, 0) is 56.9 Å². The zero-order valence-corrected chi connectivity index (χ0v) is 14.8. The van der Waals surface area contributed by atoms with Gasteiger partial charge in [0.15, 0.2) is 0 Å². The summed E-state index contributed by atoms with van der Waals surface area (Å²) in [6.45, 7) is 11.8. The predicted octanol–water partition coefficient (Wildman–Crippen LogP) is 5.07. The summed E-state index contributed by atoms with van der Waals surface area (Å²) in [5.41, 5.74) is 4.03. The standard InChI is InChI=1S/C17H26BrNO/c1-6-17(5)14(10-15(17)20-7-2)19-13-8-11(3)16(18)12(4)9-13/h8-9,14-15,19H,6-7,10H2,1-5H3. The average molecular weight is 340 g/mol. The number of aryl methyl sites for hydroxylation is 2. The first kappa shape index (κ1) is 15.8. The molecule has 0 saturated heterocycles. The van der Waals surface area contributed by atoms with Gasteiger partial charge in [0.05, 0.1) is 6.10 Å². The van der Waals surface area contributed by atoms with Gasteiger partial charge < -0.3 is 10.1 Å². The molecule has 1 aliphatic carbocycles. The van der Waals surface area contributed by atoms with Crippen LogP contribution in [0.1, 0.15) is 44.7 Å². The van der Waals surface area contributed by atoms with E-state index in [1.54, 1.807) is 0 Å². The van der Waals surface area contributed by atoms with E-state index in [1.807, 2.05) is 0 Å². The normalized spacial score (nSPS) is 29.1. The van der Waals surface area contributed by atoms with Crippen molar-refractivity contribution < 1.29 is 4.74 Å². The number of halogens is 1. The van der Waals surface area contributed by atoms with Crippen LogP contribution in [0.4, 0.5) is 5.69 Å². The van der Waals surface area contributed by atoms with Crippen molar-refractivity contribution in [1.29, 1.82) is 0 Å². The van der Waals surface area contributed by atoms with Crippen LogP contribution in [-0.2, 0) is 4.74 Å². The Morgan fingerprint density at radius 1 is 1.30 bits per heavy atom. The molecule has 3 heteroatoms. The quantitative estimate of drug-likeness (QED) is 0.808. The molecule has 0 aliphatic heterocycles. The van der Waals surface area contributed by atoms with Crippen molar-refractivity contribution in [3.63, 3.8) is 0 Å². The second kappa shape index (κ2) is 6.07. The van der Waals surface area contributed by atoms with Crippen molar-refractivity contribution in [3.8, 4) is 0 Å². The molecule has 0 radical (unpaired) electrons. The van der Waals surface area contributed by atoms with E-state index in [0.717, 1.165) is 19.4 Å². The lowest BCUT2D eigenvalue weighted by Crippen LogP contribution is -2.59. The van der Waals surface area contributed by atoms with Crippen LogP contribution in [0.3, 0.4) is 0 Å².